The number of carbonyl (C=O) groups is 1. The summed E-state index contributed by atoms with van der Waals surface area (Å²) in [7, 11) is 0. The van der Waals surface area contributed by atoms with E-state index in [1.807, 2.05) is 16.7 Å². The zero-order valence-corrected chi connectivity index (χ0v) is 14.3. The first-order valence-corrected chi connectivity index (χ1v) is 8.97. The lowest BCUT2D eigenvalue weighted by atomic mass is 10.4. The molecule has 0 bridgehead atoms. The van der Waals surface area contributed by atoms with Gasteiger partial charge in [-0.3, -0.25) is 9.36 Å². The van der Waals surface area contributed by atoms with Crippen LogP contribution in [0.2, 0.25) is 0 Å². The van der Waals surface area contributed by atoms with E-state index in [1.165, 1.54) is 24.6 Å². The van der Waals surface area contributed by atoms with Crippen molar-refractivity contribution < 1.29 is 9.21 Å². The number of carbonyl (C=O) groups excluding carboxylic acids is 1. The summed E-state index contributed by atoms with van der Waals surface area (Å²) in [5.74, 6) is 1.94. The van der Waals surface area contributed by atoms with Crippen molar-refractivity contribution in [2.45, 2.75) is 24.5 Å². The number of anilines is 1. The fourth-order valence-electron chi connectivity index (χ4n) is 2.60. The molecule has 8 heteroatoms. The monoisotopic (exact) mass is 347 g/mol. The van der Waals surface area contributed by atoms with E-state index in [0.29, 0.717) is 18.8 Å². The average Bonchev–Trinajstić information content (AvgIpc) is 3.33. The molecule has 1 fully saturated rings. The van der Waals surface area contributed by atoms with Crippen LogP contribution in [-0.2, 0) is 11.3 Å². The highest BCUT2D eigenvalue weighted by Crippen LogP contribution is 2.25. The number of hydrogen-bond acceptors (Lipinski definition) is 6. The van der Waals surface area contributed by atoms with Gasteiger partial charge < -0.3 is 14.6 Å². The highest BCUT2D eigenvalue weighted by atomic mass is 32.2. The summed E-state index contributed by atoms with van der Waals surface area (Å²) in [5, 5.41) is 12.1. The van der Waals surface area contributed by atoms with Crippen molar-refractivity contribution in [3.63, 3.8) is 0 Å². The first-order chi connectivity index (χ1) is 11.8. The largest absolute Gasteiger partial charge is 0.467 e. The third-order valence-corrected chi connectivity index (χ3v) is 4.72. The molecule has 1 aliphatic heterocycles. The normalized spacial score (nSPS) is 14.1. The van der Waals surface area contributed by atoms with Crippen molar-refractivity contribution in [1.82, 2.24) is 20.1 Å². The highest BCUT2D eigenvalue weighted by molar-refractivity contribution is 7.99. The van der Waals surface area contributed by atoms with Crippen LogP contribution in [0.3, 0.4) is 0 Å². The van der Waals surface area contributed by atoms with Crippen molar-refractivity contribution in [3.05, 3.63) is 36.8 Å². The molecule has 0 atom stereocenters. The quantitative estimate of drug-likeness (QED) is 0.581. The zero-order chi connectivity index (χ0) is 16.8. The van der Waals surface area contributed by atoms with Crippen LogP contribution in [0.1, 0.15) is 18.6 Å². The maximum atomic E-state index is 11.8. The van der Waals surface area contributed by atoms with Crippen LogP contribution in [0.25, 0.3) is 0 Å². The predicted octanol–water partition coefficient (Wildman–Crippen LogP) is 1.91. The van der Waals surface area contributed by atoms with Gasteiger partial charge in [-0.2, -0.15) is 0 Å². The van der Waals surface area contributed by atoms with Gasteiger partial charge in [-0.15, -0.1) is 16.8 Å². The van der Waals surface area contributed by atoms with Gasteiger partial charge in [0.05, 0.1) is 18.6 Å². The van der Waals surface area contributed by atoms with E-state index in [1.54, 1.807) is 12.3 Å². The van der Waals surface area contributed by atoms with Crippen molar-refractivity contribution >= 4 is 23.6 Å². The lowest BCUT2D eigenvalue weighted by Crippen LogP contribution is -2.25. The molecule has 0 radical (unpaired) electrons. The number of hydrogen-bond donors (Lipinski definition) is 1. The highest BCUT2D eigenvalue weighted by Gasteiger charge is 2.22. The molecule has 2 aromatic heterocycles. The maximum Gasteiger partial charge on any atom is 0.230 e. The van der Waals surface area contributed by atoms with Gasteiger partial charge >= 0.3 is 0 Å². The van der Waals surface area contributed by atoms with E-state index < -0.39 is 0 Å². The average molecular weight is 347 g/mol. The summed E-state index contributed by atoms with van der Waals surface area (Å²) in [6.45, 7) is 6.59. The molecule has 2 aromatic rings. The van der Waals surface area contributed by atoms with E-state index in [4.69, 9.17) is 4.42 Å². The number of nitrogens with one attached hydrogen (secondary N) is 1. The van der Waals surface area contributed by atoms with Crippen LogP contribution < -0.4 is 10.2 Å². The van der Waals surface area contributed by atoms with Crippen molar-refractivity contribution in [3.8, 4) is 0 Å². The van der Waals surface area contributed by atoms with Gasteiger partial charge in [0.1, 0.15) is 5.76 Å². The third-order valence-electron chi connectivity index (χ3n) is 3.76. The number of furan rings is 1. The molecule has 0 saturated carbocycles. The van der Waals surface area contributed by atoms with Gasteiger partial charge in [0.2, 0.25) is 11.9 Å². The lowest BCUT2D eigenvalue weighted by Gasteiger charge is -2.17. The number of nitrogens with zero attached hydrogens (tertiary/aromatic N) is 4. The molecule has 0 spiro atoms. The maximum absolute atomic E-state index is 11.8. The van der Waals surface area contributed by atoms with Crippen molar-refractivity contribution in [2.75, 3.05) is 30.3 Å². The minimum absolute atomic E-state index is 0.0461. The van der Waals surface area contributed by atoms with Crippen molar-refractivity contribution in [2.24, 2.45) is 0 Å². The summed E-state index contributed by atoms with van der Waals surface area (Å²) < 4.78 is 7.49. The van der Waals surface area contributed by atoms with E-state index >= 15 is 0 Å². The Kier molecular flexibility index (Phi) is 5.58. The number of amides is 1. The molecule has 1 amide bonds. The Hall–Kier alpha value is -2.22. The van der Waals surface area contributed by atoms with Crippen molar-refractivity contribution in [1.29, 1.82) is 0 Å². The van der Waals surface area contributed by atoms with Crippen LogP contribution in [0.15, 0.2) is 40.6 Å². The van der Waals surface area contributed by atoms with Gasteiger partial charge in [-0.1, -0.05) is 17.8 Å². The first-order valence-electron chi connectivity index (χ1n) is 7.99. The Balaban J connectivity index is 1.74. The molecule has 1 aliphatic rings. The summed E-state index contributed by atoms with van der Waals surface area (Å²) >= 11 is 1.38. The molecule has 128 valence electrons. The molecule has 0 aromatic carbocycles. The lowest BCUT2D eigenvalue weighted by molar-refractivity contribution is -0.118. The first kappa shape index (κ1) is 16.6. The van der Waals surface area contributed by atoms with Gasteiger partial charge in [-0.25, -0.2) is 0 Å². The fourth-order valence-corrected chi connectivity index (χ4v) is 3.37. The smallest absolute Gasteiger partial charge is 0.230 e. The minimum Gasteiger partial charge on any atom is -0.467 e. The summed E-state index contributed by atoms with van der Waals surface area (Å²) in [6.07, 6.45) is 5.65. The third kappa shape index (κ3) is 4.00. The standard InChI is InChI=1S/C16H21N5O2S/c1-2-7-17-14(22)12-24-16-19-18-15(20-8-3-4-9-20)21(16)11-13-6-5-10-23-13/h2,5-6,10H,1,3-4,7-9,11-12H2,(H,17,22). The molecule has 7 nitrogen and oxygen atoms in total. The van der Waals surface area contributed by atoms with Crippen LogP contribution in [-0.4, -0.2) is 46.1 Å². The van der Waals surface area contributed by atoms with Gasteiger partial charge in [0.25, 0.3) is 0 Å². The van der Waals surface area contributed by atoms with E-state index in [-0.39, 0.29) is 5.91 Å². The molecule has 0 unspecified atom stereocenters. The second-order valence-electron chi connectivity index (χ2n) is 5.52. The molecule has 1 N–H and O–H groups in total. The minimum atomic E-state index is -0.0461. The fraction of sp³-hybridized carbons (Fsp3) is 0.438. The number of aromatic nitrogens is 3. The van der Waals surface area contributed by atoms with Crippen LogP contribution in [0.5, 0.6) is 0 Å². The molecular weight excluding hydrogens is 326 g/mol. The van der Waals surface area contributed by atoms with Crippen LogP contribution in [0, 0.1) is 0 Å². The van der Waals surface area contributed by atoms with Crippen LogP contribution in [0.4, 0.5) is 5.95 Å². The Morgan fingerprint density at radius 3 is 2.96 bits per heavy atom. The number of rotatable bonds is 8. The Labute approximate surface area is 145 Å². The Bertz CT molecular complexity index is 677. The molecular formula is C16H21N5O2S. The zero-order valence-electron chi connectivity index (χ0n) is 13.5. The molecule has 1 saturated heterocycles. The molecule has 3 heterocycles. The molecule has 24 heavy (non-hydrogen) atoms. The Morgan fingerprint density at radius 1 is 1.42 bits per heavy atom. The molecule has 0 aliphatic carbocycles. The second-order valence-corrected chi connectivity index (χ2v) is 6.47. The topological polar surface area (TPSA) is 76.2 Å². The van der Waals surface area contributed by atoms with Gasteiger partial charge in [-0.05, 0) is 25.0 Å². The second kappa shape index (κ2) is 8.05. The SMILES string of the molecule is C=CCNC(=O)CSc1nnc(N2CCCC2)n1Cc1ccco1. The van der Waals surface area contributed by atoms with E-state index in [2.05, 4.69) is 27.0 Å². The number of thioether (sulfide) groups is 1. The molecule has 3 rings (SSSR count). The van der Waals surface area contributed by atoms with Gasteiger partial charge in [0, 0.05) is 19.6 Å². The van der Waals surface area contributed by atoms with Gasteiger partial charge in [0.15, 0.2) is 5.16 Å². The predicted molar refractivity (Wildman–Crippen MR) is 93.2 cm³/mol. The van der Waals surface area contributed by atoms with E-state index in [0.717, 1.165) is 30.0 Å². The van der Waals surface area contributed by atoms with E-state index in [9.17, 15) is 4.79 Å². The summed E-state index contributed by atoms with van der Waals surface area (Å²) in [4.78, 5) is 14.0. The summed E-state index contributed by atoms with van der Waals surface area (Å²) in [6, 6.07) is 3.80. The summed E-state index contributed by atoms with van der Waals surface area (Å²) in [5.41, 5.74) is 0. The van der Waals surface area contributed by atoms with Crippen LogP contribution >= 0.6 is 11.8 Å². The Morgan fingerprint density at radius 2 is 2.25 bits per heavy atom.